The van der Waals surface area contributed by atoms with Gasteiger partial charge in [0.15, 0.2) is 5.96 Å². The van der Waals surface area contributed by atoms with E-state index in [0.717, 1.165) is 37.7 Å². The van der Waals surface area contributed by atoms with E-state index in [-0.39, 0.29) is 0 Å². The van der Waals surface area contributed by atoms with Gasteiger partial charge in [-0.25, -0.2) is 0 Å². The summed E-state index contributed by atoms with van der Waals surface area (Å²) in [7, 11) is 1.81. The van der Waals surface area contributed by atoms with E-state index in [1.807, 2.05) is 18.7 Å². The summed E-state index contributed by atoms with van der Waals surface area (Å²) in [5.74, 6) is 0.874. The molecule has 0 fully saturated rings. The first kappa shape index (κ1) is 16.9. The number of hydrogen-bond acceptors (Lipinski definition) is 3. The van der Waals surface area contributed by atoms with Gasteiger partial charge in [0, 0.05) is 37.6 Å². The molecule has 1 rings (SSSR count). The zero-order chi connectivity index (χ0) is 15.0. The molecular formula is C14H27N5S. The van der Waals surface area contributed by atoms with E-state index in [1.54, 1.807) is 7.05 Å². The Kier molecular flexibility index (Phi) is 7.51. The van der Waals surface area contributed by atoms with Crippen LogP contribution in [0.15, 0.2) is 11.1 Å². The SMILES string of the molecule is CN=C(NCCCn1nc(C)cc1C)NCC(C)SC. The number of aryl methyl sites for hydroxylation is 3. The lowest BCUT2D eigenvalue weighted by Gasteiger charge is -2.14. The smallest absolute Gasteiger partial charge is 0.191 e. The summed E-state index contributed by atoms with van der Waals surface area (Å²) < 4.78 is 2.06. The van der Waals surface area contributed by atoms with Gasteiger partial charge in [0.25, 0.3) is 0 Å². The molecule has 1 atom stereocenters. The molecule has 1 aromatic rings. The van der Waals surface area contributed by atoms with Gasteiger partial charge >= 0.3 is 0 Å². The molecule has 0 saturated carbocycles. The quantitative estimate of drug-likeness (QED) is 0.458. The zero-order valence-corrected chi connectivity index (χ0v) is 14.0. The second-order valence-corrected chi connectivity index (χ2v) is 6.21. The first-order chi connectivity index (χ1) is 9.56. The van der Waals surface area contributed by atoms with E-state index in [4.69, 9.17) is 0 Å². The summed E-state index contributed by atoms with van der Waals surface area (Å²) in [4.78, 5) is 4.22. The summed E-state index contributed by atoms with van der Waals surface area (Å²) >= 11 is 1.85. The van der Waals surface area contributed by atoms with Crippen LogP contribution in [0.1, 0.15) is 24.7 Å². The minimum absolute atomic E-state index is 0.586. The van der Waals surface area contributed by atoms with Crippen LogP contribution in [0, 0.1) is 13.8 Å². The Bertz CT molecular complexity index is 427. The maximum Gasteiger partial charge on any atom is 0.191 e. The Labute approximate surface area is 126 Å². The Morgan fingerprint density at radius 3 is 2.75 bits per heavy atom. The van der Waals surface area contributed by atoms with Crippen molar-refractivity contribution in [3.05, 3.63) is 17.5 Å². The van der Waals surface area contributed by atoms with Gasteiger partial charge in [-0.1, -0.05) is 6.92 Å². The van der Waals surface area contributed by atoms with E-state index >= 15 is 0 Å². The minimum atomic E-state index is 0.586. The molecule has 1 unspecified atom stereocenters. The van der Waals surface area contributed by atoms with Gasteiger partial charge in [-0.2, -0.15) is 16.9 Å². The largest absolute Gasteiger partial charge is 0.356 e. The number of guanidine groups is 1. The predicted octanol–water partition coefficient (Wildman–Crippen LogP) is 1.81. The van der Waals surface area contributed by atoms with Crippen molar-refractivity contribution in [2.45, 2.75) is 39.0 Å². The van der Waals surface area contributed by atoms with Gasteiger partial charge < -0.3 is 10.6 Å². The Balaban J connectivity index is 2.23. The molecule has 1 aromatic heterocycles. The van der Waals surface area contributed by atoms with Crippen LogP contribution in [0.5, 0.6) is 0 Å². The highest BCUT2D eigenvalue weighted by atomic mass is 32.2. The van der Waals surface area contributed by atoms with Crippen LogP contribution in [0.4, 0.5) is 0 Å². The van der Waals surface area contributed by atoms with Crippen molar-refractivity contribution in [2.75, 3.05) is 26.4 Å². The molecule has 0 aliphatic heterocycles. The van der Waals surface area contributed by atoms with Crippen molar-refractivity contribution in [3.63, 3.8) is 0 Å². The zero-order valence-electron chi connectivity index (χ0n) is 13.2. The molecule has 1 heterocycles. The fraction of sp³-hybridized carbons (Fsp3) is 0.714. The summed E-state index contributed by atoms with van der Waals surface area (Å²) in [6.45, 7) is 9.08. The van der Waals surface area contributed by atoms with E-state index in [1.165, 1.54) is 5.69 Å². The average Bonchev–Trinajstić information content (AvgIpc) is 2.75. The number of thioether (sulfide) groups is 1. The van der Waals surface area contributed by atoms with Crippen LogP contribution in [-0.4, -0.2) is 47.4 Å². The molecule has 0 bridgehead atoms. The normalized spacial score (nSPS) is 13.3. The molecule has 0 saturated heterocycles. The lowest BCUT2D eigenvalue weighted by atomic mass is 10.4. The number of hydrogen-bond donors (Lipinski definition) is 2. The van der Waals surface area contributed by atoms with Crippen LogP contribution in [0.3, 0.4) is 0 Å². The highest BCUT2D eigenvalue weighted by Gasteiger charge is 2.03. The summed E-state index contributed by atoms with van der Waals surface area (Å²) in [6.07, 6.45) is 3.15. The average molecular weight is 297 g/mol. The number of aromatic nitrogens is 2. The first-order valence-electron chi connectivity index (χ1n) is 7.05. The number of nitrogens with zero attached hydrogens (tertiary/aromatic N) is 3. The highest BCUT2D eigenvalue weighted by molar-refractivity contribution is 7.99. The van der Waals surface area contributed by atoms with Crippen LogP contribution in [0.25, 0.3) is 0 Å². The lowest BCUT2D eigenvalue weighted by molar-refractivity contribution is 0.555. The van der Waals surface area contributed by atoms with Crippen molar-refractivity contribution in [1.29, 1.82) is 0 Å². The number of aliphatic imine (C=N–C) groups is 1. The van der Waals surface area contributed by atoms with E-state index < -0.39 is 0 Å². The van der Waals surface area contributed by atoms with Crippen molar-refractivity contribution in [2.24, 2.45) is 4.99 Å². The van der Waals surface area contributed by atoms with Gasteiger partial charge in [-0.15, -0.1) is 0 Å². The molecule has 0 aliphatic carbocycles. The fourth-order valence-corrected chi connectivity index (χ4v) is 2.13. The number of rotatable bonds is 7. The number of nitrogens with one attached hydrogen (secondary N) is 2. The molecular weight excluding hydrogens is 270 g/mol. The molecule has 20 heavy (non-hydrogen) atoms. The molecule has 0 radical (unpaired) electrons. The monoisotopic (exact) mass is 297 g/mol. The maximum absolute atomic E-state index is 4.46. The second-order valence-electron chi connectivity index (χ2n) is 4.93. The van der Waals surface area contributed by atoms with Gasteiger partial charge in [-0.05, 0) is 32.6 Å². The molecule has 2 N–H and O–H groups in total. The molecule has 0 aromatic carbocycles. The third kappa shape index (κ3) is 5.86. The van der Waals surface area contributed by atoms with Crippen molar-refractivity contribution >= 4 is 17.7 Å². The van der Waals surface area contributed by atoms with Crippen LogP contribution >= 0.6 is 11.8 Å². The van der Waals surface area contributed by atoms with Gasteiger partial charge in [0.1, 0.15) is 0 Å². The predicted molar refractivity (Wildman–Crippen MR) is 88.7 cm³/mol. The van der Waals surface area contributed by atoms with Crippen LogP contribution < -0.4 is 10.6 Å². The molecule has 6 heteroatoms. The van der Waals surface area contributed by atoms with Crippen LogP contribution in [-0.2, 0) is 6.54 Å². The van der Waals surface area contributed by atoms with Gasteiger partial charge in [0.2, 0.25) is 0 Å². The standard InChI is InChI=1S/C14H27N5S/c1-11-9-12(2)19(18-11)8-6-7-16-14(15-4)17-10-13(3)20-5/h9,13H,6-8,10H2,1-5H3,(H2,15,16,17). The first-order valence-corrected chi connectivity index (χ1v) is 8.34. The van der Waals surface area contributed by atoms with E-state index in [9.17, 15) is 0 Å². The van der Waals surface area contributed by atoms with E-state index in [2.05, 4.69) is 51.6 Å². The Hall–Kier alpha value is -1.17. The highest BCUT2D eigenvalue weighted by Crippen LogP contribution is 2.03. The summed E-state index contributed by atoms with van der Waals surface area (Å²) in [6, 6.07) is 2.11. The molecule has 0 aliphatic rings. The third-order valence-corrected chi connectivity index (χ3v) is 4.10. The molecule has 0 spiro atoms. The van der Waals surface area contributed by atoms with Gasteiger partial charge in [0.05, 0.1) is 5.69 Å². The van der Waals surface area contributed by atoms with E-state index in [0.29, 0.717) is 5.25 Å². The minimum Gasteiger partial charge on any atom is -0.356 e. The Morgan fingerprint density at radius 2 is 2.20 bits per heavy atom. The summed E-state index contributed by atoms with van der Waals surface area (Å²) in [5.41, 5.74) is 2.30. The second kappa shape index (κ2) is 8.89. The van der Waals surface area contributed by atoms with Crippen molar-refractivity contribution in [1.82, 2.24) is 20.4 Å². The van der Waals surface area contributed by atoms with Gasteiger partial charge in [-0.3, -0.25) is 9.67 Å². The lowest BCUT2D eigenvalue weighted by Crippen LogP contribution is -2.40. The molecule has 0 amide bonds. The maximum atomic E-state index is 4.46. The summed E-state index contributed by atoms with van der Waals surface area (Å²) in [5, 5.41) is 11.7. The fourth-order valence-electron chi connectivity index (χ4n) is 1.88. The van der Waals surface area contributed by atoms with Crippen molar-refractivity contribution in [3.8, 4) is 0 Å². The molecule has 5 nitrogen and oxygen atoms in total. The van der Waals surface area contributed by atoms with Crippen molar-refractivity contribution < 1.29 is 0 Å². The third-order valence-electron chi connectivity index (χ3n) is 3.13. The topological polar surface area (TPSA) is 54.2 Å². The molecule has 114 valence electrons. The van der Waals surface area contributed by atoms with Crippen LogP contribution in [0.2, 0.25) is 0 Å². The Morgan fingerprint density at radius 1 is 1.45 bits per heavy atom.